The van der Waals surface area contributed by atoms with Crippen LogP contribution in [-0.4, -0.2) is 9.97 Å². The monoisotopic (exact) mass is 190 g/mol. The van der Waals surface area contributed by atoms with Crippen molar-refractivity contribution in [2.45, 2.75) is 20.8 Å². The van der Waals surface area contributed by atoms with Crippen LogP contribution in [-0.2, 0) is 0 Å². The molecule has 0 fully saturated rings. The zero-order valence-corrected chi connectivity index (χ0v) is 8.66. The largest absolute Gasteiger partial charge is 0.358 e. The summed E-state index contributed by atoms with van der Waals surface area (Å²) in [5.41, 5.74) is 1.74. The third-order valence-electron chi connectivity index (χ3n) is 1.77. The first-order valence-electron chi connectivity index (χ1n) is 4.71. The second-order valence-corrected chi connectivity index (χ2v) is 2.74. The molecule has 0 atom stereocenters. The van der Waals surface area contributed by atoms with Gasteiger partial charge < -0.3 is 4.98 Å². The van der Waals surface area contributed by atoms with Crippen LogP contribution in [0.15, 0.2) is 29.3 Å². The van der Waals surface area contributed by atoms with Gasteiger partial charge in [0.2, 0.25) is 0 Å². The van der Waals surface area contributed by atoms with E-state index in [0.717, 1.165) is 11.2 Å². The van der Waals surface area contributed by atoms with Gasteiger partial charge in [-0.2, -0.15) is 0 Å². The minimum atomic E-state index is 0.0225. The molecule has 0 saturated carbocycles. The highest BCUT2D eigenvalue weighted by molar-refractivity contribution is 5.76. The van der Waals surface area contributed by atoms with Gasteiger partial charge in [-0.25, -0.2) is 0 Å². The van der Waals surface area contributed by atoms with Crippen LogP contribution in [0.5, 0.6) is 0 Å². The van der Waals surface area contributed by atoms with E-state index in [-0.39, 0.29) is 5.43 Å². The number of pyridine rings is 2. The summed E-state index contributed by atoms with van der Waals surface area (Å²) >= 11 is 0. The quantitative estimate of drug-likeness (QED) is 0.692. The Kier molecular flexibility index (Phi) is 3.40. The summed E-state index contributed by atoms with van der Waals surface area (Å²) in [5, 5.41) is 0.642. The van der Waals surface area contributed by atoms with E-state index < -0.39 is 0 Å². The summed E-state index contributed by atoms with van der Waals surface area (Å²) in [6, 6.07) is 3.37. The molecule has 0 saturated heterocycles. The maximum Gasteiger partial charge on any atom is 0.191 e. The predicted molar refractivity (Wildman–Crippen MR) is 58.4 cm³/mol. The molecule has 0 unspecified atom stereocenters. The van der Waals surface area contributed by atoms with Gasteiger partial charge in [0.15, 0.2) is 5.43 Å². The molecule has 2 aromatic heterocycles. The van der Waals surface area contributed by atoms with Crippen molar-refractivity contribution in [1.82, 2.24) is 9.97 Å². The first-order valence-corrected chi connectivity index (χ1v) is 4.71. The smallest absolute Gasteiger partial charge is 0.191 e. The van der Waals surface area contributed by atoms with Crippen LogP contribution < -0.4 is 5.43 Å². The molecule has 3 heteroatoms. The summed E-state index contributed by atoms with van der Waals surface area (Å²) in [6.45, 7) is 5.86. The number of nitrogens with one attached hydrogen (secondary N) is 1. The summed E-state index contributed by atoms with van der Waals surface area (Å²) < 4.78 is 0. The summed E-state index contributed by atoms with van der Waals surface area (Å²) in [7, 11) is 0. The molecule has 74 valence electrons. The highest BCUT2D eigenvalue weighted by atomic mass is 16.1. The summed E-state index contributed by atoms with van der Waals surface area (Å²) in [4.78, 5) is 18.3. The number of nitrogens with zero attached hydrogens (tertiary/aromatic N) is 1. The number of fused-ring (bicyclic) bond motifs is 1. The maximum absolute atomic E-state index is 11.3. The van der Waals surface area contributed by atoms with Crippen molar-refractivity contribution in [2.75, 3.05) is 0 Å². The summed E-state index contributed by atoms with van der Waals surface area (Å²) in [5.74, 6) is 0. The minimum absolute atomic E-state index is 0.0225. The molecule has 0 aliphatic carbocycles. The lowest BCUT2D eigenvalue weighted by Gasteiger charge is -1.97. The fourth-order valence-electron chi connectivity index (χ4n) is 1.22. The van der Waals surface area contributed by atoms with Gasteiger partial charge in [-0.15, -0.1) is 0 Å². The Hall–Kier alpha value is -1.64. The van der Waals surface area contributed by atoms with Crippen molar-refractivity contribution in [2.24, 2.45) is 0 Å². The molecule has 0 aromatic carbocycles. The van der Waals surface area contributed by atoms with Crippen molar-refractivity contribution in [3.05, 3.63) is 40.4 Å². The van der Waals surface area contributed by atoms with Gasteiger partial charge in [-0.05, 0) is 13.0 Å². The minimum Gasteiger partial charge on any atom is -0.358 e. The highest BCUT2D eigenvalue weighted by Crippen LogP contribution is 2.03. The Labute approximate surface area is 82.8 Å². The number of aromatic nitrogens is 2. The van der Waals surface area contributed by atoms with E-state index in [4.69, 9.17) is 0 Å². The third kappa shape index (κ3) is 1.99. The first-order chi connectivity index (χ1) is 6.77. The van der Waals surface area contributed by atoms with Gasteiger partial charge in [0, 0.05) is 24.2 Å². The summed E-state index contributed by atoms with van der Waals surface area (Å²) in [6.07, 6.45) is 3.24. The second kappa shape index (κ2) is 4.56. The fraction of sp³-hybridized carbons (Fsp3) is 0.273. The molecule has 0 spiro atoms. The van der Waals surface area contributed by atoms with Crippen LogP contribution in [0.25, 0.3) is 10.9 Å². The first kappa shape index (κ1) is 10.4. The lowest BCUT2D eigenvalue weighted by molar-refractivity contribution is 1.23. The van der Waals surface area contributed by atoms with Gasteiger partial charge in [-0.1, -0.05) is 13.8 Å². The molecule has 2 heterocycles. The Morgan fingerprint density at radius 3 is 2.79 bits per heavy atom. The normalized spacial score (nSPS) is 9.36. The third-order valence-corrected chi connectivity index (χ3v) is 1.77. The molecule has 1 N–H and O–H groups in total. The van der Waals surface area contributed by atoms with Crippen LogP contribution >= 0.6 is 0 Å². The Morgan fingerprint density at radius 1 is 1.36 bits per heavy atom. The number of aromatic amines is 1. The van der Waals surface area contributed by atoms with Crippen molar-refractivity contribution in [3.8, 4) is 0 Å². The second-order valence-electron chi connectivity index (χ2n) is 2.74. The van der Waals surface area contributed by atoms with E-state index in [9.17, 15) is 4.79 Å². The van der Waals surface area contributed by atoms with Crippen LogP contribution in [0.3, 0.4) is 0 Å². The Bertz CT molecular complexity index is 474. The topological polar surface area (TPSA) is 45.8 Å². The van der Waals surface area contributed by atoms with E-state index in [0.29, 0.717) is 5.39 Å². The molecule has 2 rings (SSSR count). The van der Waals surface area contributed by atoms with E-state index in [1.54, 1.807) is 24.5 Å². The molecular formula is C11H14N2O. The average Bonchev–Trinajstić information content (AvgIpc) is 2.20. The molecule has 3 nitrogen and oxygen atoms in total. The van der Waals surface area contributed by atoms with E-state index >= 15 is 0 Å². The number of rotatable bonds is 0. The molecule has 0 radical (unpaired) electrons. The molecule has 2 aromatic rings. The standard InChI is InChI=1S/C9H8N2O.C2H6/c1-6-4-9(12)7-5-10-3-2-8(7)11-6;1-2/h2-5H,1H3,(H,11,12);1-2H3. The molecule has 14 heavy (non-hydrogen) atoms. The highest BCUT2D eigenvalue weighted by Gasteiger charge is 1.97. The molecule has 0 amide bonds. The lowest BCUT2D eigenvalue weighted by Crippen LogP contribution is -2.02. The zero-order valence-electron chi connectivity index (χ0n) is 8.66. The molecule has 0 aliphatic heterocycles. The maximum atomic E-state index is 11.3. The Balaban J connectivity index is 0.000000461. The van der Waals surface area contributed by atoms with Crippen LogP contribution in [0.4, 0.5) is 0 Å². The molecule has 0 bridgehead atoms. The van der Waals surface area contributed by atoms with Crippen LogP contribution in [0.2, 0.25) is 0 Å². The SMILES string of the molecule is CC.Cc1cc(=O)c2cnccc2[nH]1. The van der Waals surface area contributed by atoms with E-state index in [1.165, 1.54) is 0 Å². The fourth-order valence-corrected chi connectivity index (χ4v) is 1.22. The van der Waals surface area contributed by atoms with Gasteiger partial charge >= 0.3 is 0 Å². The van der Waals surface area contributed by atoms with E-state index in [1.807, 2.05) is 20.8 Å². The van der Waals surface area contributed by atoms with Gasteiger partial charge in [0.05, 0.1) is 10.9 Å². The Morgan fingerprint density at radius 2 is 2.07 bits per heavy atom. The van der Waals surface area contributed by atoms with Crippen molar-refractivity contribution in [1.29, 1.82) is 0 Å². The van der Waals surface area contributed by atoms with Gasteiger partial charge in [-0.3, -0.25) is 9.78 Å². The predicted octanol–water partition coefficient (Wildman–Crippen LogP) is 2.26. The van der Waals surface area contributed by atoms with Crippen LogP contribution in [0.1, 0.15) is 19.5 Å². The number of hydrogen-bond acceptors (Lipinski definition) is 2. The van der Waals surface area contributed by atoms with Gasteiger partial charge in [0.1, 0.15) is 0 Å². The zero-order chi connectivity index (χ0) is 10.6. The number of hydrogen-bond donors (Lipinski definition) is 1. The lowest BCUT2D eigenvalue weighted by atomic mass is 10.2. The molecule has 0 aliphatic rings. The molecular weight excluding hydrogens is 176 g/mol. The van der Waals surface area contributed by atoms with Crippen LogP contribution in [0, 0.1) is 6.92 Å². The van der Waals surface area contributed by atoms with Gasteiger partial charge in [0.25, 0.3) is 0 Å². The van der Waals surface area contributed by atoms with E-state index in [2.05, 4.69) is 9.97 Å². The number of H-pyrrole nitrogens is 1. The average molecular weight is 190 g/mol. The van der Waals surface area contributed by atoms with Crippen molar-refractivity contribution >= 4 is 10.9 Å². The van der Waals surface area contributed by atoms with Crippen molar-refractivity contribution < 1.29 is 0 Å². The number of aryl methyl sites for hydroxylation is 1. The van der Waals surface area contributed by atoms with Crippen molar-refractivity contribution in [3.63, 3.8) is 0 Å².